The fraction of sp³-hybridized carbons (Fsp3) is 0.350. The SMILES string of the molecule is O=C(CNS(=O)(=O)C1CCCCC1)c1cc(-c2cccc(F)c2)cc(Cl)c1F. The summed E-state index contributed by atoms with van der Waals surface area (Å²) in [6.45, 7) is -0.557. The molecule has 0 aromatic heterocycles. The Kier molecular flexibility index (Phi) is 6.47. The number of nitrogens with one attached hydrogen (secondary N) is 1. The molecule has 0 bridgehead atoms. The lowest BCUT2D eigenvalue weighted by molar-refractivity contribution is 0.0993. The van der Waals surface area contributed by atoms with Gasteiger partial charge in [-0.1, -0.05) is 43.0 Å². The second-order valence-corrected chi connectivity index (χ2v) is 9.33. The second kappa shape index (κ2) is 8.68. The van der Waals surface area contributed by atoms with Crippen LogP contribution in [0, 0.1) is 11.6 Å². The van der Waals surface area contributed by atoms with Crippen molar-refractivity contribution in [1.82, 2.24) is 4.72 Å². The molecule has 1 saturated carbocycles. The van der Waals surface area contributed by atoms with Gasteiger partial charge < -0.3 is 0 Å². The van der Waals surface area contributed by atoms with Gasteiger partial charge in [0.1, 0.15) is 5.82 Å². The van der Waals surface area contributed by atoms with Gasteiger partial charge in [0.25, 0.3) is 0 Å². The van der Waals surface area contributed by atoms with Crippen molar-refractivity contribution in [1.29, 1.82) is 0 Å². The molecule has 1 aliphatic carbocycles. The van der Waals surface area contributed by atoms with Gasteiger partial charge in [-0.05, 0) is 48.2 Å². The van der Waals surface area contributed by atoms with E-state index in [1.807, 2.05) is 0 Å². The summed E-state index contributed by atoms with van der Waals surface area (Å²) < 4.78 is 54.9. The Morgan fingerprint density at radius 3 is 2.46 bits per heavy atom. The molecule has 1 aliphatic rings. The maximum Gasteiger partial charge on any atom is 0.214 e. The Bertz CT molecular complexity index is 989. The van der Waals surface area contributed by atoms with Gasteiger partial charge in [-0.3, -0.25) is 4.79 Å². The first-order valence-corrected chi connectivity index (χ1v) is 11.0. The van der Waals surface area contributed by atoms with E-state index >= 15 is 0 Å². The third-order valence-electron chi connectivity index (χ3n) is 4.91. The number of carbonyl (C=O) groups excluding carboxylic acids is 1. The maximum absolute atomic E-state index is 14.4. The Labute approximate surface area is 168 Å². The second-order valence-electron chi connectivity index (χ2n) is 6.88. The van der Waals surface area contributed by atoms with Crippen molar-refractivity contribution in [2.24, 2.45) is 0 Å². The summed E-state index contributed by atoms with van der Waals surface area (Å²) in [4.78, 5) is 12.5. The molecule has 1 N–H and O–H groups in total. The fourth-order valence-electron chi connectivity index (χ4n) is 3.38. The molecule has 0 saturated heterocycles. The molecule has 0 heterocycles. The van der Waals surface area contributed by atoms with Crippen LogP contribution in [0.15, 0.2) is 36.4 Å². The molecule has 28 heavy (non-hydrogen) atoms. The molecular weight excluding hydrogens is 408 g/mol. The van der Waals surface area contributed by atoms with Crippen LogP contribution in [0.4, 0.5) is 8.78 Å². The first-order chi connectivity index (χ1) is 13.3. The third kappa shape index (κ3) is 4.77. The highest BCUT2D eigenvalue weighted by molar-refractivity contribution is 7.90. The van der Waals surface area contributed by atoms with Crippen LogP contribution in [-0.4, -0.2) is 26.0 Å². The number of hydrogen-bond acceptors (Lipinski definition) is 3. The minimum absolute atomic E-state index is 0.291. The predicted octanol–water partition coefficient (Wildman–Crippen LogP) is 4.72. The van der Waals surface area contributed by atoms with Crippen LogP contribution >= 0.6 is 11.6 Å². The molecule has 0 atom stereocenters. The standard InChI is InChI=1S/C20H20ClF2NO3S/c21-18-11-14(13-5-4-6-15(22)9-13)10-17(20(18)23)19(25)12-24-28(26,27)16-7-2-1-3-8-16/h4-6,9-11,16,24H,1-3,7-8,12H2. The van der Waals surface area contributed by atoms with Gasteiger partial charge in [-0.15, -0.1) is 0 Å². The van der Waals surface area contributed by atoms with Crippen LogP contribution in [0.3, 0.4) is 0 Å². The van der Waals surface area contributed by atoms with Gasteiger partial charge in [0.2, 0.25) is 10.0 Å². The van der Waals surface area contributed by atoms with E-state index in [1.165, 1.54) is 30.3 Å². The van der Waals surface area contributed by atoms with E-state index in [-0.39, 0.29) is 10.6 Å². The summed E-state index contributed by atoms with van der Waals surface area (Å²) in [7, 11) is -3.65. The molecule has 0 unspecified atom stereocenters. The monoisotopic (exact) mass is 427 g/mol. The molecule has 8 heteroatoms. The molecule has 4 nitrogen and oxygen atoms in total. The van der Waals surface area contributed by atoms with E-state index in [4.69, 9.17) is 11.6 Å². The highest BCUT2D eigenvalue weighted by Crippen LogP contribution is 2.29. The average Bonchev–Trinajstić information content (AvgIpc) is 2.69. The average molecular weight is 428 g/mol. The normalized spacial score (nSPS) is 15.5. The number of rotatable bonds is 6. The van der Waals surface area contributed by atoms with Gasteiger partial charge in [-0.25, -0.2) is 21.9 Å². The summed E-state index contributed by atoms with van der Waals surface area (Å²) in [6, 6.07) is 8.15. The minimum atomic E-state index is -3.65. The molecular formula is C20H20ClF2NO3S. The number of carbonyl (C=O) groups is 1. The van der Waals surface area contributed by atoms with Crippen molar-refractivity contribution in [3.05, 3.63) is 58.6 Å². The van der Waals surface area contributed by atoms with E-state index in [0.717, 1.165) is 19.3 Å². The zero-order valence-electron chi connectivity index (χ0n) is 15.1. The lowest BCUT2D eigenvalue weighted by Gasteiger charge is -2.21. The smallest absolute Gasteiger partial charge is 0.214 e. The first-order valence-electron chi connectivity index (χ1n) is 9.04. The molecule has 0 aliphatic heterocycles. The van der Waals surface area contributed by atoms with Crippen molar-refractivity contribution < 1.29 is 22.0 Å². The van der Waals surface area contributed by atoms with E-state index in [0.29, 0.717) is 24.0 Å². The maximum atomic E-state index is 14.4. The molecule has 0 spiro atoms. The largest absolute Gasteiger partial charge is 0.293 e. The number of hydrogen-bond donors (Lipinski definition) is 1. The zero-order chi connectivity index (χ0) is 20.3. The van der Waals surface area contributed by atoms with Crippen LogP contribution in [0.1, 0.15) is 42.5 Å². The Morgan fingerprint density at radius 1 is 1.07 bits per heavy atom. The van der Waals surface area contributed by atoms with E-state index in [1.54, 1.807) is 6.07 Å². The van der Waals surface area contributed by atoms with Crippen LogP contribution in [-0.2, 0) is 10.0 Å². The Morgan fingerprint density at radius 2 is 1.79 bits per heavy atom. The number of ketones is 1. The van der Waals surface area contributed by atoms with Crippen LogP contribution < -0.4 is 4.72 Å². The van der Waals surface area contributed by atoms with Crippen LogP contribution in [0.25, 0.3) is 11.1 Å². The molecule has 2 aromatic carbocycles. The van der Waals surface area contributed by atoms with Crippen molar-refractivity contribution in [3.8, 4) is 11.1 Å². The molecule has 3 rings (SSSR count). The number of sulfonamides is 1. The minimum Gasteiger partial charge on any atom is -0.293 e. The third-order valence-corrected chi connectivity index (χ3v) is 7.08. The summed E-state index contributed by atoms with van der Waals surface area (Å²) in [5.41, 5.74) is 0.459. The van der Waals surface area contributed by atoms with E-state index in [2.05, 4.69) is 4.72 Å². The summed E-state index contributed by atoms with van der Waals surface area (Å²) in [5, 5.41) is -0.818. The highest BCUT2D eigenvalue weighted by atomic mass is 35.5. The topological polar surface area (TPSA) is 63.2 Å². The van der Waals surface area contributed by atoms with Crippen LogP contribution in [0.2, 0.25) is 5.02 Å². The van der Waals surface area contributed by atoms with Crippen LogP contribution in [0.5, 0.6) is 0 Å². The summed E-state index contributed by atoms with van der Waals surface area (Å²) in [5.74, 6) is -2.15. The quantitative estimate of drug-likeness (QED) is 0.678. The number of Topliss-reactive ketones (excluding diaryl/α,β-unsaturated/α-hetero) is 1. The van der Waals surface area contributed by atoms with Gasteiger partial charge in [0.05, 0.1) is 22.4 Å². The summed E-state index contributed by atoms with van der Waals surface area (Å²) >= 11 is 5.90. The molecule has 1 fully saturated rings. The van der Waals surface area contributed by atoms with Gasteiger partial charge in [0.15, 0.2) is 11.6 Å². The molecule has 0 amide bonds. The Hall–Kier alpha value is -1.83. The fourth-order valence-corrected chi connectivity index (χ4v) is 5.12. The molecule has 150 valence electrons. The lowest BCUT2D eigenvalue weighted by Crippen LogP contribution is -2.38. The number of benzene rings is 2. The van der Waals surface area contributed by atoms with Crippen molar-refractivity contribution in [2.75, 3.05) is 6.54 Å². The molecule has 0 radical (unpaired) electrons. The van der Waals surface area contributed by atoms with Gasteiger partial charge in [0, 0.05) is 0 Å². The molecule has 2 aromatic rings. The number of halogens is 3. The van der Waals surface area contributed by atoms with Crippen molar-refractivity contribution in [2.45, 2.75) is 37.4 Å². The summed E-state index contributed by atoms with van der Waals surface area (Å²) in [6.07, 6.45) is 3.78. The van der Waals surface area contributed by atoms with Gasteiger partial charge in [-0.2, -0.15) is 0 Å². The van der Waals surface area contributed by atoms with Crippen molar-refractivity contribution in [3.63, 3.8) is 0 Å². The Balaban J connectivity index is 1.81. The van der Waals surface area contributed by atoms with Crippen molar-refractivity contribution >= 4 is 27.4 Å². The first kappa shape index (κ1) is 20.9. The van der Waals surface area contributed by atoms with Gasteiger partial charge >= 0.3 is 0 Å². The lowest BCUT2D eigenvalue weighted by atomic mass is 10.0. The predicted molar refractivity (Wildman–Crippen MR) is 105 cm³/mol. The zero-order valence-corrected chi connectivity index (χ0v) is 16.6. The highest BCUT2D eigenvalue weighted by Gasteiger charge is 2.28. The van der Waals surface area contributed by atoms with E-state index in [9.17, 15) is 22.0 Å². The van der Waals surface area contributed by atoms with E-state index < -0.39 is 39.2 Å².